The SMILES string of the molecule is CC(=O)NCCONc1ccc(N)cc1. The molecule has 0 spiro atoms. The molecule has 0 aliphatic carbocycles. The standard InChI is InChI=1S/C10H15N3O2/c1-8(14)12-6-7-15-13-10-4-2-9(11)3-5-10/h2-5,13H,6-7,11H2,1H3,(H,12,14). The lowest BCUT2D eigenvalue weighted by atomic mass is 10.3. The minimum atomic E-state index is -0.0638. The lowest BCUT2D eigenvalue weighted by Crippen LogP contribution is -2.25. The normalized spacial score (nSPS) is 9.67. The lowest BCUT2D eigenvalue weighted by Gasteiger charge is -2.07. The molecule has 0 aliphatic rings. The minimum Gasteiger partial charge on any atom is -0.399 e. The summed E-state index contributed by atoms with van der Waals surface area (Å²) in [6.07, 6.45) is 0. The van der Waals surface area contributed by atoms with Crippen molar-refractivity contribution in [3.63, 3.8) is 0 Å². The molecule has 5 nitrogen and oxygen atoms in total. The van der Waals surface area contributed by atoms with E-state index in [0.717, 1.165) is 5.69 Å². The maximum absolute atomic E-state index is 10.5. The quantitative estimate of drug-likeness (QED) is 0.380. The molecule has 4 N–H and O–H groups in total. The van der Waals surface area contributed by atoms with E-state index in [9.17, 15) is 4.79 Å². The fraction of sp³-hybridized carbons (Fsp3) is 0.300. The van der Waals surface area contributed by atoms with Crippen molar-refractivity contribution in [1.29, 1.82) is 0 Å². The zero-order chi connectivity index (χ0) is 11.1. The summed E-state index contributed by atoms with van der Waals surface area (Å²) in [5, 5.41) is 2.62. The lowest BCUT2D eigenvalue weighted by molar-refractivity contribution is -0.119. The first-order chi connectivity index (χ1) is 7.18. The van der Waals surface area contributed by atoms with Crippen LogP contribution in [0.25, 0.3) is 0 Å². The van der Waals surface area contributed by atoms with Gasteiger partial charge in [-0.1, -0.05) is 0 Å². The van der Waals surface area contributed by atoms with Crippen molar-refractivity contribution in [1.82, 2.24) is 5.32 Å². The molecule has 0 heterocycles. The molecular formula is C10H15N3O2. The predicted octanol–water partition coefficient (Wildman–Crippen LogP) is 0.748. The highest BCUT2D eigenvalue weighted by Gasteiger charge is 1.92. The van der Waals surface area contributed by atoms with Crippen molar-refractivity contribution in [3.05, 3.63) is 24.3 Å². The van der Waals surface area contributed by atoms with Crippen LogP contribution in [-0.2, 0) is 9.63 Å². The monoisotopic (exact) mass is 209 g/mol. The molecule has 82 valence electrons. The molecule has 0 unspecified atom stereocenters. The Morgan fingerprint density at radius 1 is 1.40 bits per heavy atom. The third-order valence-corrected chi connectivity index (χ3v) is 1.68. The molecule has 1 aromatic carbocycles. The van der Waals surface area contributed by atoms with Gasteiger partial charge in [-0.3, -0.25) is 15.1 Å². The Labute approximate surface area is 88.6 Å². The number of nitrogens with one attached hydrogen (secondary N) is 2. The number of hydrogen-bond donors (Lipinski definition) is 3. The highest BCUT2D eigenvalue weighted by atomic mass is 16.6. The van der Waals surface area contributed by atoms with Gasteiger partial charge >= 0.3 is 0 Å². The van der Waals surface area contributed by atoms with Gasteiger partial charge in [0.1, 0.15) is 0 Å². The highest BCUT2D eigenvalue weighted by molar-refractivity contribution is 5.72. The van der Waals surface area contributed by atoms with Gasteiger partial charge in [-0.15, -0.1) is 0 Å². The van der Waals surface area contributed by atoms with Crippen LogP contribution >= 0.6 is 0 Å². The second-order valence-electron chi connectivity index (χ2n) is 3.06. The van der Waals surface area contributed by atoms with Gasteiger partial charge in [-0.25, -0.2) is 0 Å². The maximum Gasteiger partial charge on any atom is 0.216 e. The molecule has 0 aromatic heterocycles. The molecular weight excluding hydrogens is 194 g/mol. The van der Waals surface area contributed by atoms with E-state index in [1.807, 2.05) is 12.1 Å². The molecule has 0 saturated heterocycles. The number of anilines is 2. The van der Waals surface area contributed by atoms with E-state index in [2.05, 4.69) is 10.8 Å². The van der Waals surface area contributed by atoms with Crippen LogP contribution in [0.1, 0.15) is 6.92 Å². The highest BCUT2D eigenvalue weighted by Crippen LogP contribution is 2.09. The predicted molar refractivity (Wildman–Crippen MR) is 59.1 cm³/mol. The Morgan fingerprint density at radius 2 is 2.07 bits per heavy atom. The van der Waals surface area contributed by atoms with Crippen LogP contribution in [0.2, 0.25) is 0 Å². The fourth-order valence-electron chi connectivity index (χ4n) is 0.964. The Kier molecular flexibility index (Phi) is 4.43. The summed E-state index contributed by atoms with van der Waals surface area (Å²) in [5.41, 5.74) is 9.79. The summed E-state index contributed by atoms with van der Waals surface area (Å²) in [7, 11) is 0. The first-order valence-electron chi connectivity index (χ1n) is 4.66. The van der Waals surface area contributed by atoms with Gasteiger partial charge in [-0.05, 0) is 24.3 Å². The van der Waals surface area contributed by atoms with Crippen molar-refractivity contribution in [2.75, 3.05) is 24.4 Å². The topological polar surface area (TPSA) is 76.4 Å². The Hall–Kier alpha value is -1.75. The van der Waals surface area contributed by atoms with Crippen molar-refractivity contribution in [2.45, 2.75) is 6.92 Å². The number of carbonyl (C=O) groups is 1. The zero-order valence-electron chi connectivity index (χ0n) is 8.62. The van der Waals surface area contributed by atoms with E-state index >= 15 is 0 Å². The van der Waals surface area contributed by atoms with E-state index in [-0.39, 0.29) is 5.91 Å². The molecule has 15 heavy (non-hydrogen) atoms. The molecule has 0 atom stereocenters. The molecule has 0 aliphatic heterocycles. The average molecular weight is 209 g/mol. The molecule has 0 bridgehead atoms. The van der Waals surface area contributed by atoms with Crippen molar-refractivity contribution >= 4 is 17.3 Å². The molecule has 1 aromatic rings. The fourth-order valence-corrected chi connectivity index (χ4v) is 0.964. The number of nitrogens with two attached hydrogens (primary N) is 1. The number of hydrogen-bond acceptors (Lipinski definition) is 4. The van der Waals surface area contributed by atoms with Crippen LogP contribution < -0.4 is 16.5 Å². The number of carbonyl (C=O) groups excluding carboxylic acids is 1. The third kappa shape index (κ3) is 4.87. The van der Waals surface area contributed by atoms with Gasteiger partial charge in [0.05, 0.1) is 12.3 Å². The molecule has 1 rings (SSSR count). The van der Waals surface area contributed by atoms with Gasteiger partial charge in [-0.2, -0.15) is 0 Å². The first kappa shape index (κ1) is 11.3. The molecule has 1 amide bonds. The van der Waals surface area contributed by atoms with Crippen molar-refractivity contribution < 1.29 is 9.63 Å². The van der Waals surface area contributed by atoms with E-state index in [1.165, 1.54) is 6.92 Å². The van der Waals surface area contributed by atoms with Crippen LogP contribution in [-0.4, -0.2) is 19.1 Å². The summed E-state index contributed by atoms with van der Waals surface area (Å²) in [5.74, 6) is -0.0638. The van der Waals surface area contributed by atoms with Crippen molar-refractivity contribution in [3.8, 4) is 0 Å². The summed E-state index contributed by atoms with van der Waals surface area (Å²) in [6.45, 7) is 2.36. The average Bonchev–Trinajstić information content (AvgIpc) is 2.20. The van der Waals surface area contributed by atoms with E-state index in [4.69, 9.17) is 10.6 Å². The molecule has 0 fully saturated rings. The van der Waals surface area contributed by atoms with Gasteiger partial charge < -0.3 is 11.1 Å². The largest absolute Gasteiger partial charge is 0.399 e. The van der Waals surface area contributed by atoms with Crippen molar-refractivity contribution in [2.24, 2.45) is 0 Å². The summed E-state index contributed by atoms with van der Waals surface area (Å²) in [4.78, 5) is 15.6. The summed E-state index contributed by atoms with van der Waals surface area (Å²) >= 11 is 0. The van der Waals surface area contributed by atoms with Crippen LogP contribution in [0, 0.1) is 0 Å². The number of nitrogen functional groups attached to an aromatic ring is 1. The smallest absolute Gasteiger partial charge is 0.216 e. The third-order valence-electron chi connectivity index (χ3n) is 1.68. The second kappa shape index (κ2) is 5.87. The van der Waals surface area contributed by atoms with E-state index < -0.39 is 0 Å². The Balaban J connectivity index is 2.15. The second-order valence-corrected chi connectivity index (χ2v) is 3.06. The Morgan fingerprint density at radius 3 is 2.67 bits per heavy atom. The van der Waals surface area contributed by atoms with Gasteiger partial charge in [0, 0.05) is 19.2 Å². The molecule has 0 radical (unpaired) electrons. The van der Waals surface area contributed by atoms with E-state index in [0.29, 0.717) is 18.8 Å². The van der Waals surface area contributed by atoms with Crippen LogP contribution in [0.15, 0.2) is 24.3 Å². The number of benzene rings is 1. The zero-order valence-corrected chi connectivity index (χ0v) is 8.62. The van der Waals surface area contributed by atoms with Gasteiger partial charge in [0.15, 0.2) is 0 Å². The molecule has 0 saturated carbocycles. The number of rotatable bonds is 5. The summed E-state index contributed by atoms with van der Waals surface area (Å²) in [6, 6.07) is 7.18. The Bertz CT molecular complexity index is 311. The minimum absolute atomic E-state index is 0.0638. The maximum atomic E-state index is 10.5. The van der Waals surface area contributed by atoms with Gasteiger partial charge in [0.25, 0.3) is 0 Å². The van der Waals surface area contributed by atoms with E-state index in [1.54, 1.807) is 12.1 Å². The number of amides is 1. The van der Waals surface area contributed by atoms with Crippen LogP contribution in [0.5, 0.6) is 0 Å². The first-order valence-corrected chi connectivity index (χ1v) is 4.66. The molecule has 5 heteroatoms. The van der Waals surface area contributed by atoms with Gasteiger partial charge in [0.2, 0.25) is 5.91 Å². The van der Waals surface area contributed by atoms with Crippen LogP contribution in [0.3, 0.4) is 0 Å². The summed E-state index contributed by atoms with van der Waals surface area (Å²) < 4.78 is 0. The van der Waals surface area contributed by atoms with Crippen LogP contribution in [0.4, 0.5) is 11.4 Å².